The first-order chi connectivity index (χ1) is 7.81. The van der Waals surface area contributed by atoms with Crippen LogP contribution in [0.1, 0.15) is 19.3 Å². The second-order valence-corrected chi connectivity index (χ2v) is 4.11. The summed E-state index contributed by atoms with van der Waals surface area (Å²) in [5, 5.41) is 4.17. The Morgan fingerprint density at radius 2 is 2.12 bits per heavy atom. The van der Waals surface area contributed by atoms with Crippen molar-refractivity contribution in [3.05, 3.63) is 22.6 Å². The van der Waals surface area contributed by atoms with E-state index in [0.29, 0.717) is 13.1 Å². The normalized spacial score (nSPS) is 15.7. The van der Waals surface area contributed by atoms with Crippen molar-refractivity contribution in [2.24, 2.45) is 5.73 Å². The molecule has 0 aromatic carbocycles. The second-order valence-electron chi connectivity index (χ2n) is 4.11. The van der Waals surface area contributed by atoms with Crippen molar-refractivity contribution in [2.75, 3.05) is 24.5 Å². The molecule has 0 unspecified atom stereocenters. The van der Waals surface area contributed by atoms with Crippen LogP contribution in [0.2, 0.25) is 0 Å². The van der Waals surface area contributed by atoms with Gasteiger partial charge in [-0.25, -0.2) is 4.68 Å². The Balaban J connectivity index is 2.12. The number of hydrogen-bond donors (Lipinski definition) is 1. The van der Waals surface area contributed by atoms with E-state index in [9.17, 15) is 4.79 Å². The smallest absolute Gasteiger partial charge is 0.268 e. The van der Waals surface area contributed by atoms with E-state index in [0.717, 1.165) is 25.2 Å². The quantitative estimate of drug-likeness (QED) is 0.790. The van der Waals surface area contributed by atoms with Crippen LogP contribution in [-0.4, -0.2) is 29.4 Å². The van der Waals surface area contributed by atoms with Gasteiger partial charge in [-0.15, -0.1) is 0 Å². The molecule has 1 aliphatic heterocycles. The summed E-state index contributed by atoms with van der Waals surface area (Å²) in [5.74, 6) is 0. The average Bonchev–Trinajstić information content (AvgIpc) is 2.81. The van der Waals surface area contributed by atoms with Crippen LogP contribution in [0, 0.1) is 0 Å². The molecular formula is C11H18N4O. The molecule has 0 spiro atoms. The third kappa shape index (κ3) is 2.41. The Bertz CT molecular complexity index is 395. The maximum Gasteiger partial charge on any atom is 0.268 e. The van der Waals surface area contributed by atoms with Crippen LogP contribution < -0.4 is 16.2 Å². The van der Waals surface area contributed by atoms with Gasteiger partial charge in [0.1, 0.15) is 0 Å². The van der Waals surface area contributed by atoms with Gasteiger partial charge in [-0.05, 0) is 25.8 Å². The average molecular weight is 222 g/mol. The predicted octanol–water partition coefficient (Wildman–Crippen LogP) is 0.192. The summed E-state index contributed by atoms with van der Waals surface area (Å²) in [6.45, 7) is 3.26. The van der Waals surface area contributed by atoms with Crippen molar-refractivity contribution in [1.82, 2.24) is 9.78 Å². The van der Waals surface area contributed by atoms with E-state index >= 15 is 0 Å². The lowest BCUT2D eigenvalue weighted by Crippen LogP contribution is -2.26. The standard InChI is InChI=1S/C11H18N4O/c12-4-3-7-15-11(16)8-10(9-13-15)14-5-1-2-6-14/h8-9H,1-7,12H2. The molecule has 5 heteroatoms. The van der Waals surface area contributed by atoms with Crippen LogP contribution in [-0.2, 0) is 6.54 Å². The summed E-state index contributed by atoms with van der Waals surface area (Å²) in [4.78, 5) is 13.9. The molecule has 0 radical (unpaired) electrons. The van der Waals surface area contributed by atoms with Crippen molar-refractivity contribution in [3.63, 3.8) is 0 Å². The number of aryl methyl sites for hydroxylation is 1. The summed E-state index contributed by atoms with van der Waals surface area (Å²) in [6, 6.07) is 1.68. The topological polar surface area (TPSA) is 64.2 Å². The number of aromatic nitrogens is 2. The number of hydrogen-bond acceptors (Lipinski definition) is 4. The van der Waals surface area contributed by atoms with E-state index in [1.165, 1.54) is 17.5 Å². The minimum atomic E-state index is -0.0298. The highest BCUT2D eigenvalue weighted by atomic mass is 16.1. The number of nitrogens with zero attached hydrogens (tertiary/aromatic N) is 3. The van der Waals surface area contributed by atoms with Crippen LogP contribution in [0.15, 0.2) is 17.1 Å². The fourth-order valence-corrected chi connectivity index (χ4v) is 1.98. The van der Waals surface area contributed by atoms with Gasteiger partial charge in [0.2, 0.25) is 0 Å². The summed E-state index contributed by atoms with van der Waals surface area (Å²) in [7, 11) is 0. The summed E-state index contributed by atoms with van der Waals surface area (Å²) in [5.41, 5.74) is 6.33. The van der Waals surface area contributed by atoms with Crippen LogP contribution >= 0.6 is 0 Å². The van der Waals surface area contributed by atoms with E-state index < -0.39 is 0 Å². The molecule has 88 valence electrons. The molecule has 1 saturated heterocycles. The zero-order valence-electron chi connectivity index (χ0n) is 9.43. The Morgan fingerprint density at radius 1 is 1.38 bits per heavy atom. The lowest BCUT2D eigenvalue weighted by molar-refractivity contribution is 0.553. The Labute approximate surface area is 94.9 Å². The first kappa shape index (κ1) is 11.1. The minimum Gasteiger partial charge on any atom is -0.370 e. The fourth-order valence-electron chi connectivity index (χ4n) is 1.98. The van der Waals surface area contributed by atoms with E-state index in [-0.39, 0.29) is 5.56 Å². The van der Waals surface area contributed by atoms with Crippen LogP contribution in [0.4, 0.5) is 5.69 Å². The first-order valence-corrected chi connectivity index (χ1v) is 5.83. The van der Waals surface area contributed by atoms with Gasteiger partial charge in [0, 0.05) is 25.7 Å². The fraction of sp³-hybridized carbons (Fsp3) is 0.636. The number of anilines is 1. The molecule has 1 aromatic heterocycles. The van der Waals surface area contributed by atoms with Gasteiger partial charge >= 0.3 is 0 Å². The lowest BCUT2D eigenvalue weighted by atomic mass is 10.4. The molecule has 1 aromatic rings. The van der Waals surface area contributed by atoms with Crippen LogP contribution in [0.25, 0.3) is 0 Å². The van der Waals surface area contributed by atoms with Crippen molar-refractivity contribution in [3.8, 4) is 0 Å². The van der Waals surface area contributed by atoms with E-state index in [4.69, 9.17) is 5.73 Å². The molecular weight excluding hydrogens is 204 g/mol. The molecule has 0 saturated carbocycles. The third-order valence-corrected chi connectivity index (χ3v) is 2.90. The van der Waals surface area contributed by atoms with Crippen molar-refractivity contribution >= 4 is 5.69 Å². The molecule has 1 fully saturated rings. The monoisotopic (exact) mass is 222 g/mol. The largest absolute Gasteiger partial charge is 0.370 e. The Hall–Kier alpha value is -1.36. The van der Waals surface area contributed by atoms with Crippen molar-refractivity contribution in [2.45, 2.75) is 25.8 Å². The van der Waals surface area contributed by atoms with Gasteiger partial charge in [-0.3, -0.25) is 4.79 Å². The van der Waals surface area contributed by atoms with Crippen LogP contribution in [0.5, 0.6) is 0 Å². The molecule has 2 rings (SSSR count). The zero-order chi connectivity index (χ0) is 11.4. The molecule has 0 aliphatic carbocycles. The molecule has 0 bridgehead atoms. The lowest BCUT2D eigenvalue weighted by Gasteiger charge is -2.16. The second kappa shape index (κ2) is 5.12. The maximum atomic E-state index is 11.7. The van der Waals surface area contributed by atoms with Gasteiger partial charge in [-0.2, -0.15) is 5.10 Å². The SMILES string of the molecule is NCCCn1ncc(N2CCCC2)cc1=O. The molecule has 1 aliphatic rings. The van der Waals surface area contributed by atoms with Crippen molar-refractivity contribution in [1.29, 1.82) is 0 Å². The van der Waals surface area contributed by atoms with Gasteiger partial charge in [-0.1, -0.05) is 0 Å². The molecule has 2 heterocycles. The van der Waals surface area contributed by atoms with Crippen molar-refractivity contribution < 1.29 is 0 Å². The van der Waals surface area contributed by atoms with Gasteiger partial charge in [0.05, 0.1) is 11.9 Å². The summed E-state index contributed by atoms with van der Waals surface area (Å²) >= 11 is 0. The molecule has 5 nitrogen and oxygen atoms in total. The molecule has 0 atom stereocenters. The molecule has 0 amide bonds. The van der Waals surface area contributed by atoms with E-state index in [1.807, 2.05) is 0 Å². The molecule has 2 N–H and O–H groups in total. The highest BCUT2D eigenvalue weighted by Gasteiger charge is 2.13. The highest BCUT2D eigenvalue weighted by molar-refractivity contribution is 5.43. The predicted molar refractivity (Wildman–Crippen MR) is 63.6 cm³/mol. The maximum absolute atomic E-state index is 11.7. The third-order valence-electron chi connectivity index (χ3n) is 2.90. The summed E-state index contributed by atoms with van der Waals surface area (Å²) in [6.07, 6.45) is 4.98. The first-order valence-electron chi connectivity index (χ1n) is 5.83. The Kier molecular flexibility index (Phi) is 3.56. The number of nitrogens with two attached hydrogens (primary N) is 1. The van der Waals surface area contributed by atoms with Gasteiger partial charge < -0.3 is 10.6 Å². The van der Waals surface area contributed by atoms with E-state index in [1.54, 1.807) is 12.3 Å². The summed E-state index contributed by atoms with van der Waals surface area (Å²) < 4.78 is 1.48. The van der Waals surface area contributed by atoms with E-state index in [2.05, 4.69) is 10.00 Å². The van der Waals surface area contributed by atoms with Crippen LogP contribution in [0.3, 0.4) is 0 Å². The zero-order valence-corrected chi connectivity index (χ0v) is 9.43. The Morgan fingerprint density at radius 3 is 2.75 bits per heavy atom. The van der Waals surface area contributed by atoms with Gasteiger partial charge in [0.25, 0.3) is 5.56 Å². The van der Waals surface area contributed by atoms with Gasteiger partial charge in [0.15, 0.2) is 0 Å². The number of rotatable bonds is 4. The molecule has 16 heavy (non-hydrogen) atoms. The minimum absolute atomic E-state index is 0.0298. The highest BCUT2D eigenvalue weighted by Crippen LogP contribution is 2.16.